The first-order valence-corrected chi connectivity index (χ1v) is 11.5. The highest BCUT2D eigenvalue weighted by Crippen LogP contribution is 2.22. The number of rotatable bonds is 8. The molecule has 10 heteroatoms. The van der Waals surface area contributed by atoms with Crippen molar-refractivity contribution in [2.75, 3.05) is 11.8 Å². The van der Waals surface area contributed by atoms with Crippen LogP contribution in [-0.2, 0) is 21.4 Å². The van der Waals surface area contributed by atoms with E-state index in [0.717, 1.165) is 0 Å². The van der Waals surface area contributed by atoms with Crippen molar-refractivity contribution < 1.29 is 31.5 Å². The minimum atomic E-state index is -3.94. The molecule has 0 bridgehead atoms. The van der Waals surface area contributed by atoms with E-state index in [4.69, 9.17) is 13.9 Å². The molecule has 1 aromatic heterocycles. The fourth-order valence-corrected chi connectivity index (χ4v) is 4.10. The number of nitrogens with one attached hydrogen (secondary N) is 1. The zero-order valence-electron chi connectivity index (χ0n) is 17.9. The SMILES string of the molecule is COc1ccc(NS(=O)(=O)c2cccc(C(=O)OCc3ncc(-c4ccc(F)cc4)o3)c2)cc1. The van der Waals surface area contributed by atoms with Gasteiger partial charge in [0.2, 0.25) is 5.89 Å². The molecule has 0 amide bonds. The highest BCUT2D eigenvalue weighted by Gasteiger charge is 2.18. The van der Waals surface area contributed by atoms with Gasteiger partial charge in [0.25, 0.3) is 10.0 Å². The molecule has 8 nitrogen and oxygen atoms in total. The molecule has 0 fully saturated rings. The number of methoxy groups -OCH3 is 1. The minimum Gasteiger partial charge on any atom is -0.497 e. The number of esters is 1. The lowest BCUT2D eigenvalue weighted by atomic mass is 10.2. The molecule has 0 atom stereocenters. The van der Waals surface area contributed by atoms with Gasteiger partial charge in [0.15, 0.2) is 12.4 Å². The van der Waals surface area contributed by atoms with Gasteiger partial charge in [0.05, 0.1) is 23.8 Å². The van der Waals surface area contributed by atoms with Crippen LogP contribution in [0.4, 0.5) is 10.1 Å². The molecule has 0 unspecified atom stereocenters. The third-order valence-electron chi connectivity index (χ3n) is 4.73. The summed E-state index contributed by atoms with van der Waals surface area (Å²) in [6.45, 7) is -0.263. The van der Waals surface area contributed by atoms with Gasteiger partial charge in [0, 0.05) is 11.3 Å². The predicted octanol–water partition coefficient (Wildman–Crippen LogP) is 4.65. The van der Waals surface area contributed by atoms with E-state index in [1.54, 1.807) is 24.3 Å². The van der Waals surface area contributed by atoms with Crippen molar-refractivity contribution in [3.63, 3.8) is 0 Å². The van der Waals surface area contributed by atoms with E-state index in [-0.39, 0.29) is 28.8 Å². The third-order valence-corrected chi connectivity index (χ3v) is 6.11. The Morgan fingerprint density at radius 2 is 1.79 bits per heavy atom. The van der Waals surface area contributed by atoms with E-state index in [1.807, 2.05) is 0 Å². The van der Waals surface area contributed by atoms with Gasteiger partial charge in [-0.1, -0.05) is 6.07 Å². The van der Waals surface area contributed by atoms with Crippen LogP contribution < -0.4 is 9.46 Å². The maximum Gasteiger partial charge on any atom is 0.338 e. The molecule has 0 saturated carbocycles. The lowest BCUT2D eigenvalue weighted by molar-refractivity contribution is 0.0438. The quantitative estimate of drug-likeness (QED) is 0.364. The number of carbonyl (C=O) groups excluding carboxylic acids is 1. The zero-order valence-corrected chi connectivity index (χ0v) is 18.7. The number of nitrogens with zero attached hydrogens (tertiary/aromatic N) is 1. The van der Waals surface area contributed by atoms with Crippen LogP contribution in [0.1, 0.15) is 16.2 Å². The van der Waals surface area contributed by atoms with Crippen LogP contribution in [0.25, 0.3) is 11.3 Å². The van der Waals surface area contributed by atoms with Gasteiger partial charge in [-0.05, 0) is 66.7 Å². The van der Waals surface area contributed by atoms with Crippen LogP contribution >= 0.6 is 0 Å². The Balaban J connectivity index is 1.42. The van der Waals surface area contributed by atoms with Crippen molar-refractivity contribution in [1.29, 1.82) is 0 Å². The smallest absolute Gasteiger partial charge is 0.338 e. The number of oxazole rings is 1. The molecule has 0 saturated heterocycles. The number of aromatic nitrogens is 1. The summed E-state index contributed by atoms with van der Waals surface area (Å²) >= 11 is 0. The van der Waals surface area contributed by atoms with Crippen molar-refractivity contribution in [2.24, 2.45) is 0 Å². The lowest BCUT2D eigenvalue weighted by Crippen LogP contribution is -2.14. The second-order valence-corrected chi connectivity index (χ2v) is 8.75. The van der Waals surface area contributed by atoms with Gasteiger partial charge in [-0.15, -0.1) is 0 Å². The summed E-state index contributed by atoms with van der Waals surface area (Å²) in [6, 6.07) is 17.5. The standard InChI is InChI=1S/C24H19FN2O6S/c1-31-20-11-9-19(10-12-20)27-34(29,30)21-4-2-3-17(13-21)24(28)32-15-23-26-14-22(33-23)16-5-7-18(25)8-6-16/h2-14,27H,15H2,1H3. The zero-order chi connectivity index (χ0) is 24.1. The first-order valence-electron chi connectivity index (χ1n) is 9.99. The highest BCUT2D eigenvalue weighted by atomic mass is 32.2. The average molecular weight is 482 g/mol. The first-order chi connectivity index (χ1) is 16.3. The molecule has 0 aliphatic heterocycles. The first kappa shape index (κ1) is 23.0. The van der Waals surface area contributed by atoms with Crippen LogP contribution in [0, 0.1) is 5.82 Å². The maximum atomic E-state index is 13.1. The highest BCUT2D eigenvalue weighted by molar-refractivity contribution is 7.92. The molecule has 174 valence electrons. The molecule has 1 N–H and O–H groups in total. The predicted molar refractivity (Wildman–Crippen MR) is 121 cm³/mol. The summed E-state index contributed by atoms with van der Waals surface area (Å²) in [5.74, 6) is -0.00575. The number of carbonyl (C=O) groups is 1. The van der Waals surface area contributed by atoms with Crippen molar-refractivity contribution in [1.82, 2.24) is 4.98 Å². The molecule has 3 aromatic carbocycles. The molecular formula is C24H19FN2O6S. The number of hydrogen-bond acceptors (Lipinski definition) is 7. The Morgan fingerprint density at radius 1 is 1.06 bits per heavy atom. The van der Waals surface area contributed by atoms with E-state index in [1.165, 1.54) is 61.8 Å². The Bertz CT molecular complexity index is 1400. The van der Waals surface area contributed by atoms with E-state index < -0.39 is 16.0 Å². The lowest BCUT2D eigenvalue weighted by Gasteiger charge is -2.10. The maximum absolute atomic E-state index is 13.1. The van der Waals surface area contributed by atoms with Crippen LogP contribution in [0.2, 0.25) is 0 Å². The van der Waals surface area contributed by atoms with Crippen molar-refractivity contribution in [3.05, 3.63) is 96.3 Å². The Hall–Kier alpha value is -4.18. The molecule has 0 aliphatic rings. The van der Waals surface area contributed by atoms with E-state index in [9.17, 15) is 17.6 Å². The number of hydrogen-bond donors (Lipinski definition) is 1. The summed E-state index contributed by atoms with van der Waals surface area (Å²) in [5, 5.41) is 0. The number of benzene rings is 3. The van der Waals surface area contributed by atoms with Gasteiger partial charge >= 0.3 is 5.97 Å². The van der Waals surface area contributed by atoms with E-state index in [0.29, 0.717) is 22.8 Å². The van der Waals surface area contributed by atoms with Gasteiger partial charge in [0.1, 0.15) is 11.6 Å². The largest absolute Gasteiger partial charge is 0.497 e. The van der Waals surface area contributed by atoms with Gasteiger partial charge in [-0.25, -0.2) is 22.6 Å². The second-order valence-electron chi connectivity index (χ2n) is 7.06. The molecule has 0 aliphatic carbocycles. The summed E-state index contributed by atoms with van der Waals surface area (Å²) < 4.78 is 56.8. The average Bonchev–Trinajstić information content (AvgIpc) is 3.32. The van der Waals surface area contributed by atoms with Crippen LogP contribution in [0.15, 0.2) is 88.3 Å². The Kier molecular flexibility index (Phi) is 6.60. The third kappa shape index (κ3) is 5.41. The molecule has 4 rings (SSSR count). The van der Waals surface area contributed by atoms with Gasteiger partial charge in [-0.3, -0.25) is 4.72 Å². The number of anilines is 1. The fraction of sp³-hybridized carbons (Fsp3) is 0.0833. The van der Waals surface area contributed by atoms with Gasteiger partial charge in [-0.2, -0.15) is 0 Å². The van der Waals surface area contributed by atoms with E-state index >= 15 is 0 Å². The topological polar surface area (TPSA) is 108 Å². The van der Waals surface area contributed by atoms with Crippen LogP contribution in [-0.4, -0.2) is 26.5 Å². The number of sulfonamides is 1. The summed E-state index contributed by atoms with van der Waals surface area (Å²) in [7, 11) is -2.43. The van der Waals surface area contributed by atoms with Gasteiger partial charge < -0.3 is 13.9 Å². The minimum absolute atomic E-state index is 0.0444. The summed E-state index contributed by atoms with van der Waals surface area (Å²) in [6.07, 6.45) is 1.44. The van der Waals surface area contributed by atoms with Crippen LogP contribution in [0.3, 0.4) is 0 Å². The molecule has 34 heavy (non-hydrogen) atoms. The van der Waals surface area contributed by atoms with E-state index in [2.05, 4.69) is 9.71 Å². The summed E-state index contributed by atoms with van der Waals surface area (Å²) in [5.41, 5.74) is 1.01. The normalized spacial score (nSPS) is 11.1. The second kappa shape index (κ2) is 9.75. The summed E-state index contributed by atoms with van der Waals surface area (Å²) in [4.78, 5) is 16.4. The number of ether oxygens (including phenoxy) is 2. The Labute approximate surface area is 195 Å². The molecule has 0 radical (unpaired) electrons. The van der Waals surface area contributed by atoms with Crippen molar-refractivity contribution >= 4 is 21.7 Å². The molecule has 4 aromatic rings. The van der Waals surface area contributed by atoms with Crippen LogP contribution in [0.5, 0.6) is 5.75 Å². The molecular weight excluding hydrogens is 463 g/mol. The number of halogens is 1. The Morgan fingerprint density at radius 3 is 2.50 bits per heavy atom. The molecule has 0 spiro atoms. The van der Waals surface area contributed by atoms with Crippen molar-refractivity contribution in [3.8, 4) is 17.1 Å². The monoisotopic (exact) mass is 482 g/mol. The van der Waals surface area contributed by atoms with Crippen molar-refractivity contribution in [2.45, 2.75) is 11.5 Å². The molecule has 1 heterocycles. The fourth-order valence-electron chi connectivity index (χ4n) is 3.00.